The van der Waals surface area contributed by atoms with E-state index in [2.05, 4.69) is 5.32 Å². The molecule has 7 heteroatoms. The van der Waals surface area contributed by atoms with Gasteiger partial charge in [0.1, 0.15) is 6.04 Å². The third-order valence-electron chi connectivity index (χ3n) is 2.66. The van der Waals surface area contributed by atoms with Gasteiger partial charge in [-0.2, -0.15) is 0 Å². The lowest BCUT2D eigenvalue weighted by Crippen LogP contribution is -2.43. The average Bonchev–Trinajstić information content (AvgIpc) is 2.60. The van der Waals surface area contributed by atoms with Gasteiger partial charge in [-0.25, -0.2) is 0 Å². The fourth-order valence-electron chi connectivity index (χ4n) is 1.82. The zero-order valence-corrected chi connectivity index (χ0v) is 11.3. The Bertz CT molecular complexity index is 346. The van der Waals surface area contributed by atoms with Crippen LogP contribution >= 0.6 is 11.8 Å². The van der Waals surface area contributed by atoms with E-state index in [4.69, 9.17) is 5.11 Å². The molecule has 0 radical (unpaired) electrons. The van der Waals surface area contributed by atoms with Crippen LogP contribution in [-0.4, -0.2) is 57.9 Å². The summed E-state index contributed by atoms with van der Waals surface area (Å²) in [5.74, 6) is -1.33. The van der Waals surface area contributed by atoms with Crippen molar-refractivity contribution in [3.63, 3.8) is 0 Å². The molecule has 1 heterocycles. The van der Waals surface area contributed by atoms with Crippen LogP contribution in [0, 0.1) is 0 Å². The quantitative estimate of drug-likeness (QED) is 0.708. The zero-order valence-electron chi connectivity index (χ0n) is 10.5. The minimum absolute atomic E-state index is 0.0541. The van der Waals surface area contributed by atoms with Crippen molar-refractivity contribution in [2.45, 2.75) is 32.4 Å². The van der Waals surface area contributed by atoms with E-state index in [0.717, 1.165) is 11.8 Å². The van der Waals surface area contributed by atoms with Crippen molar-refractivity contribution in [3.8, 4) is 0 Å². The standard InChI is InChI=1S/C11H18N2O4S/c1-7(2)13-4-3-8(11(13)17)12-9(14)5-18-6-10(15)16/h7-8H,3-6H2,1-2H3,(H,12,14)(H,15,16). The maximum Gasteiger partial charge on any atom is 0.313 e. The van der Waals surface area contributed by atoms with Crippen molar-refractivity contribution >= 4 is 29.5 Å². The van der Waals surface area contributed by atoms with Crippen LogP contribution in [0.25, 0.3) is 0 Å². The number of carbonyl (C=O) groups is 3. The number of rotatable bonds is 6. The first-order valence-electron chi connectivity index (χ1n) is 5.81. The van der Waals surface area contributed by atoms with Gasteiger partial charge in [-0.15, -0.1) is 11.8 Å². The van der Waals surface area contributed by atoms with E-state index in [-0.39, 0.29) is 29.4 Å². The number of carboxylic acid groups (broad SMARTS) is 1. The fraction of sp³-hybridized carbons (Fsp3) is 0.727. The minimum atomic E-state index is -0.948. The highest BCUT2D eigenvalue weighted by molar-refractivity contribution is 8.00. The van der Waals surface area contributed by atoms with Crippen LogP contribution in [0.3, 0.4) is 0 Å². The lowest BCUT2D eigenvalue weighted by molar-refractivity contribution is -0.134. The molecule has 1 saturated heterocycles. The smallest absolute Gasteiger partial charge is 0.313 e. The fourth-order valence-corrected chi connectivity index (χ4v) is 2.36. The zero-order chi connectivity index (χ0) is 13.7. The molecule has 1 unspecified atom stereocenters. The lowest BCUT2D eigenvalue weighted by Gasteiger charge is -2.21. The van der Waals surface area contributed by atoms with Gasteiger partial charge in [0.05, 0.1) is 11.5 Å². The van der Waals surface area contributed by atoms with Crippen molar-refractivity contribution < 1.29 is 19.5 Å². The van der Waals surface area contributed by atoms with E-state index in [9.17, 15) is 14.4 Å². The molecule has 0 bridgehead atoms. The summed E-state index contributed by atoms with van der Waals surface area (Å²) in [6, 6.07) is -0.314. The van der Waals surface area contributed by atoms with Gasteiger partial charge in [0.25, 0.3) is 0 Å². The van der Waals surface area contributed by atoms with Crippen molar-refractivity contribution in [2.24, 2.45) is 0 Å². The molecule has 1 aliphatic heterocycles. The number of likely N-dealkylation sites (tertiary alicyclic amines) is 1. The summed E-state index contributed by atoms with van der Waals surface area (Å²) in [4.78, 5) is 35.4. The van der Waals surface area contributed by atoms with Crippen LogP contribution in [0.1, 0.15) is 20.3 Å². The molecule has 0 aromatic carbocycles. The number of thioether (sulfide) groups is 1. The van der Waals surface area contributed by atoms with Crippen molar-refractivity contribution in [3.05, 3.63) is 0 Å². The average molecular weight is 274 g/mol. The molecule has 0 aromatic rings. The normalized spacial score (nSPS) is 19.4. The molecule has 0 aromatic heterocycles. The molecule has 18 heavy (non-hydrogen) atoms. The van der Waals surface area contributed by atoms with Crippen LogP contribution in [0.5, 0.6) is 0 Å². The first-order valence-corrected chi connectivity index (χ1v) is 6.96. The van der Waals surface area contributed by atoms with Gasteiger partial charge in [-0.1, -0.05) is 0 Å². The molecular formula is C11H18N2O4S. The van der Waals surface area contributed by atoms with Crippen molar-refractivity contribution in [1.82, 2.24) is 10.2 Å². The number of nitrogens with one attached hydrogen (secondary N) is 1. The third-order valence-corrected chi connectivity index (χ3v) is 3.57. The summed E-state index contributed by atoms with van der Waals surface area (Å²) in [6.07, 6.45) is 0.617. The molecule has 1 aliphatic rings. The summed E-state index contributed by atoms with van der Waals surface area (Å²) >= 11 is 1.02. The van der Waals surface area contributed by atoms with Gasteiger partial charge >= 0.3 is 5.97 Å². The Balaban J connectivity index is 2.33. The highest BCUT2D eigenvalue weighted by atomic mass is 32.2. The second-order valence-corrected chi connectivity index (χ2v) is 5.41. The molecule has 2 amide bonds. The molecule has 0 saturated carbocycles. The third kappa shape index (κ3) is 4.21. The number of hydrogen-bond donors (Lipinski definition) is 2. The van der Waals surface area contributed by atoms with Crippen LogP contribution in [0.2, 0.25) is 0 Å². The molecule has 1 rings (SSSR count). The molecule has 6 nitrogen and oxygen atoms in total. The maximum absolute atomic E-state index is 11.9. The van der Waals surface area contributed by atoms with Crippen molar-refractivity contribution in [1.29, 1.82) is 0 Å². The van der Waals surface area contributed by atoms with Gasteiger partial charge in [0.15, 0.2) is 0 Å². The number of aliphatic carboxylic acids is 1. The number of amides is 2. The molecule has 102 valence electrons. The predicted molar refractivity (Wildman–Crippen MR) is 68.4 cm³/mol. The summed E-state index contributed by atoms with van der Waals surface area (Å²) < 4.78 is 0. The van der Waals surface area contributed by atoms with Crippen molar-refractivity contribution in [2.75, 3.05) is 18.1 Å². The summed E-state index contributed by atoms with van der Waals surface area (Å²) in [7, 11) is 0. The van der Waals surface area contributed by atoms with Gasteiger partial charge < -0.3 is 15.3 Å². The Morgan fingerprint density at radius 1 is 1.50 bits per heavy atom. The Morgan fingerprint density at radius 2 is 2.17 bits per heavy atom. The number of hydrogen-bond acceptors (Lipinski definition) is 4. The van der Waals surface area contributed by atoms with E-state index in [0.29, 0.717) is 13.0 Å². The predicted octanol–water partition coefficient (Wildman–Crippen LogP) is -0.0703. The number of carboxylic acids is 1. The second kappa shape index (κ2) is 6.63. The van der Waals surface area contributed by atoms with E-state index in [1.165, 1.54) is 0 Å². The van der Waals surface area contributed by atoms with Crippen LogP contribution in [0.4, 0.5) is 0 Å². The molecule has 0 spiro atoms. The second-order valence-electron chi connectivity index (χ2n) is 4.42. The lowest BCUT2D eigenvalue weighted by atomic mass is 10.2. The first-order chi connectivity index (χ1) is 8.41. The van der Waals surface area contributed by atoms with Crippen LogP contribution in [0.15, 0.2) is 0 Å². The largest absolute Gasteiger partial charge is 0.481 e. The summed E-state index contributed by atoms with van der Waals surface area (Å²) in [5, 5.41) is 11.1. The molecule has 0 aliphatic carbocycles. The summed E-state index contributed by atoms with van der Waals surface area (Å²) in [5.41, 5.74) is 0. The Kier molecular flexibility index (Phi) is 5.46. The molecular weight excluding hydrogens is 256 g/mol. The Morgan fingerprint density at radius 3 is 2.67 bits per heavy atom. The SMILES string of the molecule is CC(C)N1CCC(NC(=O)CSCC(=O)O)C1=O. The van der Waals surface area contributed by atoms with Gasteiger partial charge in [-0.05, 0) is 20.3 Å². The van der Waals surface area contributed by atoms with Crippen LogP contribution in [-0.2, 0) is 14.4 Å². The molecule has 1 fully saturated rings. The van der Waals surface area contributed by atoms with Gasteiger partial charge in [0, 0.05) is 12.6 Å². The highest BCUT2D eigenvalue weighted by Gasteiger charge is 2.33. The van der Waals surface area contributed by atoms with E-state index < -0.39 is 12.0 Å². The molecule has 2 N–H and O–H groups in total. The topological polar surface area (TPSA) is 86.7 Å². The van der Waals surface area contributed by atoms with E-state index in [1.807, 2.05) is 13.8 Å². The minimum Gasteiger partial charge on any atom is -0.481 e. The number of nitrogens with zero attached hydrogens (tertiary/aromatic N) is 1. The first kappa shape index (κ1) is 14.8. The number of carbonyl (C=O) groups excluding carboxylic acids is 2. The van der Waals surface area contributed by atoms with E-state index in [1.54, 1.807) is 4.90 Å². The Hall–Kier alpha value is -1.24. The Labute approximate surface area is 110 Å². The summed E-state index contributed by atoms with van der Waals surface area (Å²) in [6.45, 7) is 4.53. The van der Waals surface area contributed by atoms with Gasteiger partial charge in [0.2, 0.25) is 11.8 Å². The maximum atomic E-state index is 11.9. The van der Waals surface area contributed by atoms with Gasteiger partial charge in [-0.3, -0.25) is 14.4 Å². The van der Waals surface area contributed by atoms with Crippen LogP contribution < -0.4 is 5.32 Å². The highest BCUT2D eigenvalue weighted by Crippen LogP contribution is 2.14. The van der Waals surface area contributed by atoms with E-state index >= 15 is 0 Å². The molecule has 1 atom stereocenters. The monoisotopic (exact) mass is 274 g/mol.